The number of hydrogen-bond donors (Lipinski definition) is 0. The molecule has 0 aliphatic rings. The van der Waals surface area contributed by atoms with Crippen molar-refractivity contribution in [1.82, 2.24) is 14.5 Å². The first kappa shape index (κ1) is 16.0. The number of alkyl halides is 1. The van der Waals surface area contributed by atoms with Crippen LogP contribution in [-0.4, -0.2) is 39.7 Å². The van der Waals surface area contributed by atoms with Gasteiger partial charge in [-0.2, -0.15) is 4.98 Å². The number of halogens is 1. The lowest BCUT2D eigenvalue weighted by Crippen LogP contribution is -2.31. The summed E-state index contributed by atoms with van der Waals surface area (Å²) in [5, 5.41) is 0. The lowest BCUT2D eigenvalue weighted by molar-refractivity contribution is -0.0222. The summed E-state index contributed by atoms with van der Waals surface area (Å²) >= 11 is 5.90. The third kappa shape index (κ3) is 3.66. The molecule has 0 unspecified atom stereocenters. The Balaban J connectivity index is 2.48. The highest BCUT2D eigenvalue weighted by molar-refractivity contribution is 6.17. The van der Waals surface area contributed by atoms with Gasteiger partial charge in [0.2, 0.25) is 5.88 Å². The molecule has 0 fully saturated rings. The summed E-state index contributed by atoms with van der Waals surface area (Å²) in [5.41, 5.74) is 1.36. The maximum atomic E-state index is 5.90. The SMILES string of the molecule is CCOC(C)(C)Cn1c(CCCl)nc2ccc(OC)nc21. The second-order valence-electron chi connectivity index (χ2n) is 5.44. The first-order chi connectivity index (χ1) is 10.0. The second-order valence-corrected chi connectivity index (χ2v) is 5.82. The number of hydrogen-bond acceptors (Lipinski definition) is 4. The second kappa shape index (κ2) is 6.62. The number of ether oxygens (including phenoxy) is 2. The summed E-state index contributed by atoms with van der Waals surface area (Å²) in [6.07, 6.45) is 0.697. The van der Waals surface area contributed by atoms with Gasteiger partial charge in [0.25, 0.3) is 0 Å². The van der Waals surface area contributed by atoms with E-state index in [1.807, 2.05) is 19.1 Å². The molecular formula is C15H22ClN3O2. The standard InChI is InChI=1S/C15H22ClN3O2/c1-5-21-15(2,3)10-19-12(8-9-16)17-11-6-7-13(20-4)18-14(11)19/h6-7H,5,8-10H2,1-4H3. The molecule has 0 bridgehead atoms. The number of imidazole rings is 1. The van der Waals surface area contributed by atoms with E-state index < -0.39 is 0 Å². The fourth-order valence-corrected chi connectivity index (χ4v) is 2.57. The third-order valence-electron chi connectivity index (χ3n) is 3.25. The minimum absolute atomic E-state index is 0.297. The Morgan fingerprint density at radius 2 is 2.05 bits per heavy atom. The van der Waals surface area contributed by atoms with Crippen molar-refractivity contribution in [2.24, 2.45) is 0 Å². The first-order valence-corrected chi connectivity index (χ1v) is 7.64. The van der Waals surface area contributed by atoms with E-state index in [1.165, 1.54) is 0 Å². The monoisotopic (exact) mass is 311 g/mol. The van der Waals surface area contributed by atoms with E-state index in [0.29, 0.717) is 31.3 Å². The van der Waals surface area contributed by atoms with E-state index in [-0.39, 0.29) is 5.60 Å². The molecule has 0 radical (unpaired) electrons. The van der Waals surface area contributed by atoms with Crippen LogP contribution in [0.3, 0.4) is 0 Å². The molecule has 5 nitrogen and oxygen atoms in total. The topological polar surface area (TPSA) is 49.2 Å². The predicted octanol–water partition coefficient (Wildman–Crippen LogP) is 3.04. The summed E-state index contributed by atoms with van der Waals surface area (Å²) < 4.78 is 13.1. The van der Waals surface area contributed by atoms with Crippen molar-refractivity contribution in [3.63, 3.8) is 0 Å². The summed E-state index contributed by atoms with van der Waals surface area (Å²) in [6.45, 7) is 7.46. The summed E-state index contributed by atoms with van der Waals surface area (Å²) in [7, 11) is 1.61. The van der Waals surface area contributed by atoms with Gasteiger partial charge in [0.1, 0.15) is 11.3 Å². The smallest absolute Gasteiger partial charge is 0.215 e. The van der Waals surface area contributed by atoms with Crippen LogP contribution < -0.4 is 4.74 Å². The van der Waals surface area contributed by atoms with E-state index in [4.69, 9.17) is 21.1 Å². The van der Waals surface area contributed by atoms with Gasteiger partial charge in [-0.05, 0) is 26.8 Å². The van der Waals surface area contributed by atoms with Gasteiger partial charge in [-0.25, -0.2) is 4.98 Å². The Hall–Kier alpha value is -1.33. The van der Waals surface area contributed by atoms with Crippen LogP contribution in [0.2, 0.25) is 0 Å². The van der Waals surface area contributed by atoms with Crippen LogP contribution in [0.1, 0.15) is 26.6 Å². The van der Waals surface area contributed by atoms with Crippen molar-refractivity contribution in [3.05, 3.63) is 18.0 Å². The molecule has 0 amide bonds. The van der Waals surface area contributed by atoms with Crippen LogP contribution in [0.15, 0.2) is 12.1 Å². The Morgan fingerprint density at radius 3 is 2.67 bits per heavy atom. The molecular weight excluding hydrogens is 290 g/mol. The maximum Gasteiger partial charge on any atom is 0.215 e. The Bertz CT molecular complexity index is 610. The van der Waals surface area contributed by atoms with Gasteiger partial charge >= 0.3 is 0 Å². The number of aryl methyl sites for hydroxylation is 1. The van der Waals surface area contributed by atoms with Crippen LogP contribution >= 0.6 is 11.6 Å². The van der Waals surface area contributed by atoms with E-state index in [0.717, 1.165) is 17.0 Å². The molecule has 0 aliphatic heterocycles. The maximum absolute atomic E-state index is 5.90. The molecule has 6 heteroatoms. The third-order valence-corrected chi connectivity index (χ3v) is 3.44. The highest BCUT2D eigenvalue weighted by Gasteiger charge is 2.23. The predicted molar refractivity (Wildman–Crippen MR) is 84.2 cm³/mol. The fourth-order valence-electron chi connectivity index (χ4n) is 2.40. The van der Waals surface area contributed by atoms with Crippen molar-refractivity contribution in [2.75, 3.05) is 19.6 Å². The molecule has 116 valence electrons. The van der Waals surface area contributed by atoms with E-state index in [1.54, 1.807) is 7.11 Å². The fraction of sp³-hybridized carbons (Fsp3) is 0.600. The van der Waals surface area contributed by atoms with Crippen molar-refractivity contribution in [3.8, 4) is 5.88 Å². The largest absolute Gasteiger partial charge is 0.481 e. The van der Waals surface area contributed by atoms with Crippen LogP contribution in [0.5, 0.6) is 5.88 Å². The van der Waals surface area contributed by atoms with Crippen molar-refractivity contribution in [2.45, 2.75) is 39.3 Å². The molecule has 2 rings (SSSR count). The first-order valence-electron chi connectivity index (χ1n) is 7.11. The summed E-state index contributed by atoms with van der Waals surface area (Å²) in [5.74, 6) is 2.03. The molecule has 2 heterocycles. The van der Waals surface area contributed by atoms with Crippen molar-refractivity contribution in [1.29, 1.82) is 0 Å². The number of methoxy groups -OCH3 is 1. The van der Waals surface area contributed by atoms with Crippen LogP contribution in [0, 0.1) is 0 Å². The molecule has 0 spiro atoms. The lowest BCUT2D eigenvalue weighted by Gasteiger charge is -2.26. The summed E-state index contributed by atoms with van der Waals surface area (Å²) in [4.78, 5) is 9.15. The molecule has 0 aliphatic carbocycles. The molecule has 0 N–H and O–H groups in total. The van der Waals surface area contributed by atoms with E-state index in [2.05, 4.69) is 28.4 Å². The molecule has 0 atom stereocenters. The normalized spacial score (nSPS) is 12.0. The van der Waals surface area contributed by atoms with Gasteiger partial charge in [-0.1, -0.05) is 0 Å². The van der Waals surface area contributed by atoms with Crippen LogP contribution in [0.4, 0.5) is 0 Å². The number of nitrogens with zero attached hydrogens (tertiary/aromatic N) is 3. The zero-order valence-corrected chi connectivity index (χ0v) is 13.8. The number of pyridine rings is 1. The Labute approximate surface area is 130 Å². The van der Waals surface area contributed by atoms with Gasteiger partial charge in [0.15, 0.2) is 5.65 Å². The zero-order chi connectivity index (χ0) is 15.5. The van der Waals surface area contributed by atoms with Gasteiger partial charge in [0.05, 0.1) is 19.3 Å². The van der Waals surface area contributed by atoms with Crippen molar-refractivity contribution < 1.29 is 9.47 Å². The van der Waals surface area contributed by atoms with Gasteiger partial charge in [0, 0.05) is 25.0 Å². The molecule has 2 aromatic rings. The molecule has 2 aromatic heterocycles. The summed E-state index contributed by atoms with van der Waals surface area (Å²) in [6, 6.07) is 3.74. The number of fused-ring (bicyclic) bond motifs is 1. The minimum Gasteiger partial charge on any atom is -0.481 e. The molecule has 21 heavy (non-hydrogen) atoms. The quantitative estimate of drug-likeness (QED) is 0.737. The van der Waals surface area contributed by atoms with E-state index in [9.17, 15) is 0 Å². The molecule has 0 saturated carbocycles. The van der Waals surface area contributed by atoms with Gasteiger partial charge in [-0.3, -0.25) is 0 Å². The molecule has 0 aromatic carbocycles. The highest BCUT2D eigenvalue weighted by atomic mass is 35.5. The van der Waals surface area contributed by atoms with Crippen LogP contribution in [0.25, 0.3) is 11.2 Å². The number of aromatic nitrogens is 3. The highest BCUT2D eigenvalue weighted by Crippen LogP contribution is 2.22. The van der Waals surface area contributed by atoms with Gasteiger partial charge in [-0.15, -0.1) is 11.6 Å². The van der Waals surface area contributed by atoms with Gasteiger partial charge < -0.3 is 14.0 Å². The Morgan fingerprint density at radius 1 is 1.29 bits per heavy atom. The zero-order valence-electron chi connectivity index (χ0n) is 13.0. The average Bonchev–Trinajstić information content (AvgIpc) is 2.76. The Kier molecular flexibility index (Phi) is 5.06. The lowest BCUT2D eigenvalue weighted by atomic mass is 10.1. The van der Waals surface area contributed by atoms with Crippen molar-refractivity contribution >= 4 is 22.8 Å². The molecule has 0 saturated heterocycles. The van der Waals surface area contributed by atoms with E-state index >= 15 is 0 Å². The number of rotatable bonds is 7. The minimum atomic E-state index is -0.297. The van der Waals surface area contributed by atoms with Crippen LogP contribution in [-0.2, 0) is 17.7 Å². The average molecular weight is 312 g/mol.